The van der Waals surface area contributed by atoms with Crippen molar-refractivity contribution < 1.29 is 14.3 Å². The Bertz CT molecular complexity index is 1210. The van der Waals surface area contributed by atoms with Gasteiger partial charge in [0.1, 0.15) is 0 Å². The molecule has 2 aromatic carbocycles. The molecule has 2 amide bonds. The molecule has 5 rings (SSSR count). The molecule has 1 spiro atoms. The molecule has 180 valence electrons. The number of nitrogens with one attached hydrogen (secondary N) is 1. The summed E-state index contributed by atoms with van der Waals surface area (Å²) < 4.78 is 6.61. The van der Waals surface area contributed by atoms with Crippen molar-refractivity contribution in [1.29, 1.82) is 0 Å². The minimum Gasteiger partial charge on any atom is -0.370 e. The van der Waals surface area contributed by atoms with E-state index in [0.717, 1.165) is 24.0 Å². The lowest BCUT2D eigenvalue weighted by atomic mass is 9.71. The standard InChI is InChI=1S/C28H28ClN3O3/c1-19(33)31-25-23-4-2-3-5-24(23)28(26(25)35-18-20-10-14-30-15-11-20)12-16-32(17-13-28)27(34)21-6-8-22(29)9-7-21/h2-11,14-15,25-26H,12-13,16-18H2,1H3,(H,31,33)/t25-,26+/m1/s1. The van der Waals surface area contributed by atoms with Crippen LogP contribution in [-0.2, 0) is 21.6 Å². The molecule has 0 radical (unpaired) electrons. The van der Waals surface area contributed by atoms with Crippen LogP contribution in [0.5, 0.6) is 0 Å². The normalized spacial score (nSPS) is 20.5. The Morgan fingerprint density at radius 3 is 2.43 bits per heavy atom. The van der Waals surface area contributed by atoms with Crippen LogP contribution in [-0.4, -0.2) is 40.9 Å². The average Bonchev–Trinajstić information content (AvgIpc) is 3.12. The molecule has 1 aliphatic heterocycles. The molecular formula is C28H28ClN3O3. The quantitative estimate of drug-likeness (QED) is 0.564. The molecule has 0 saturated carbocycles. The number of fused-ring (bicyclic) bond motifs is 2. The summed E-state index contributed by atoms with van der Waals surface area (Å²) in [5.41, 5.74) is 3.67. The fourth-order valence-corrected chi connectivity index (χ4v) is 5.71. The topological polar surface area (TPSA) is 71.5 Å². The number of pyridine rings is 1. The largest absolute Gasteiger partial charge is 0.370 e. The number of carbonyl (C=O) groups is 2. The van der Waals surface area contributed by atoms with Gasteiger partial charge >= 0.3 is 0 Å². The van der Waals surface area contributed by atoms with E-state index in [2.05, 4.69) is 22.4 Å². The number of hydrogen-bond acceptors (Lipinski definition) is 4. The third-order valence-corrected chi connectivity index (χ3v) is 7.50. The summed E-state index contributed by atoms with van der Waals surface area (Å²) in [4.78, 5) is 31.3. The number of aromatic nitrogens is 1. The van der Waals surface area contributed by atoms with Crippen LogP contribution >= 0.6 is 11.6 Å². The third-order valence-electron chi connectivity index (χ3n) is 7.25. The number of rotatable bonds is 5. The summed E-state index contributed by atoms with van der Waals surface area (Å²) in [6.07, 6.45) is 4.76. The van der Waals surface area contributed by atoms with Crippen LogP contribution in [0.2, 0.25) is 5.02 Å². The van der Waals surface area contributed by atoms with Crippen molar-refractivity contribution in [2.45, 2.75) is 43.9 Å². The first-order valence-electron chi connectivity index (χ1n) is 11.9. The molecule has 2 atom stereocenters. The molecular weight excluding hydrogens is 462 g/mol. The van der Waals surface area contributed by atoms with Crippen LogP contribution in [0.1, 0.15) is 52.9 Å². The van der Waals surface area contributed by atoms with Crippen LogP contribution < -0.4 is 5.32 Å². The van der Waals surface area contributed by atoms with Gasteiger partial charge in [0.15, 0.2) is 0 Å². The number of benzene rings is 2. The third kappa shape index (κ3) is 4.56. The monoisotopic (exact) mass is 489 g/mol. The number of amides is 2. The van der Waals surface area contributed by atoms with Crippen molar-refractivity contribution in [3.63, 3.8) is 0 Å². The summed E-state index contributed by atoms with van der Waals surface area (Å²) in [5, 5.41) is 3.76. The zero-order valence-electron chi connectivity index (χ0n) is 19.6. The number of likely N-dealkylation sites (tertiary alicyclic amines) is 1. The van der Waals surface area contributed by atoms with Gasteiger partial charge in [-0.05, 0) is 65.9 Å². The predicted octanol–water partition coefficient (Wildman–Crippen LogP) is 4.69. The Morgan fingerprint density at radius 2 is 1.74 bits per heavy atom. The highest BCUT2D eigenvalue weighted by Gasteiger charge is 2.54. The summed E-state index contributed by atoms with van der Waals surface area (Å²) >= 11 is 6.00. The first kappa shape index (κ1) is 23.5. The Balaban J connectivity index is 1.43. The lowest BCUT2D eigenvalue weighted by molar-refractivity contribution is -0.122. The molecule has 6 nitrogen and oxygen atoms in total. The van der Waals surface area contributed by atoms with E-state index in [1.54, 1.807) is 43.6 Å². The molecule has 2 heterocycles. The van der Waals surface area contributed by atoms with E-state index in [0.29, 0.717) is 30.3 Å². The van der Waals surface area contributed by atoms with Gasteiger partial charge in [0.05, 0.1) is 18.8 Å². The number of halogens is 1. The zero-order chi connectivity index (χ0) is 24.4. The van der Waals surface area contributed by atoms with E-state index in [4.69, 9.17) is 16.3 Å². The molecule has 2 aliphatic rings. The molecule has 1 aromatic heterocycles. The van der Waals surface area contributed by atoms with Crippen molar-refractivity contribution in [2.24, 2.45) is 0 Å². The maximum absolute atomic E-state index is 13.2. The fourth-order valence-electron chi connectivity index (χ4n) is 5.59. The van der Waals surface area contributed by atoms with Crippen LogP contribution in [0.25, 0.3) is 0 Å². The van der Waals surface area contributed by atoms with Crippen molar-refractivity contribution in [3.8, 4) is 0 Å². The smallest absolute Gasteiger partial charge is 0.253 e. The molecule has 0 bridgehead atoms. The Kier molecular flexibility index (Phi) is 6.58. The van der Waals surface area contributed by atoms with E-state index in [1.807, 2.05) is 29.2 Å². The van der Waals surface area contributed by atoms with Crippen LogP contribution in [0.15, 0.2) is 73.1 Å². The van der Waals surface area contributed by atoms with E-state index >= 15 is 0 Å². The molecule has 3 aromatic rings. The Hall–Kier alpha value is -3.22. The second-order valence-electron chi connectivity index (χ2n) is 9.31. The first-order valence-corrected chi connectivity index (χ1v) is 12.3. The Labute approximate surface area is 210 Å². The van der Waals surface area contributed by atoms with E-state index in [-0.39, 0.29) is 29.4 Å². The SMILES string of the molecule is CC(=O)N[C@@H]1c2ccccc2C2(CCN(C(=O)c3ccc(Cl)cc3)CC2)[C@H]1OCc1ccncc1. The molecule has 7 heteroatoms. The lowest BCUT2D eigenvalue weighted by Gasteiger charge is -2.44. The minimum absolute atomic E-state index is 0.00969. The van der Waals surface area contributed by atoms with E-state index < -0.39 is 0 Å². The van der Waals surface area contributed by atoms with Gasteiger partial charge in [-0.15, -0.1) is 0 Å². The van der Waals surface area contributed by atoms with Gasteiger partial charge in [-0.2, -0.15) is 0 Å². The van der Waals surface area contributed by atoms with Gasteiger partial charge < -0.3 is 15.0 Å². The summed E-state index contributed by atoms with van der Waals surface area (Å²) in [7, 11) is 0. The molecule has 1 saturated heterocycles. The summed E-state index contributed by atoms with van der Waals surface area (Å²) in [6.45, 7) is 3.18. The van der Waals surface area contributed by atoms with Crippen molar-refractivity contribution in [3.05, 3.63) is 100 Å². The second-order valence-corrected chi connectivity index (χ2v) is 9.74. The molecule has 0 unspecified atom stereocenters. The van der Waals surface area contributed by atoms with E-state index in [9.17, 15) is 9.59 Å². The lowest BCUT2D eigenvalue weighted by Crippen LogP contribution is -2.51. The molecule has 1 aliphatic carbocycles. The maximum Gasteiger partial charge on any atom is 0.253 e. The van der Waals surface area contributed by atoms with Gasteiger partial charge in [-0.25, -0.2) is 0 Å². The summed E-state index contributed by atoms with van der Waals surface area (Å²) in [6, 6.07) is 18.9. The second kappa shape index (κ2) is 9.80. The summed E-state index contributed by atoms with van der Waals surface area (Å²) in [5.74, 6) is -0.0785. The van der Waals surface area contributed by atoms with Crippen LogP contribution in [0.3, 0.4) is 0 Å². The molecule has 1 fully saturated rings. The molecule has 35 heavy (non-hydrogen) atoms. The molecule has 1 N–H and O–H groups in total. The zero-order valence-corrected chi connectivity index (χ0v) is 20.4. The average molecular weight is 490 g/mol. The highest BCUT2D eigenvalue weighted by Crippen LogP contribution is 2.52. The number of nitrogens with zero attached hydrogens (tertiary/aromatic N) is 2. The van der Waals surface area contributed by atoms with Crippen LogP contribution in [0, 0.1) is 0 Å². The maximum atomic E-state index is 13.2. The van der Waals surface area contributed by atoms with Gasteiger partial charge in [0, 0.05) is 48.4 Å². The van der Waals surface area contributed by atoms with E-state index in [1.165, 1.54) is 5.56 Å². The number of ether oxygens (including phenoxy) is 1. The van der Waals surface area contributed by atoms with Crippen molar-refractivity contribution in [1.82, 2.24) is 15.2 Å². The number of piperidine rings is 1. The van der Waals surface area contributed by atoms with Crippen molar-refractivity contribution >= 4 is 23.4 Å². The van der Waals surface area contributed by atoms with Crippen molar-refractivity contribution in [2.75, 3.05) is 13.1 Å². The van der Waals surface area contributed by atoms with Gasteiger partial charge in [0.25, 0.3) is 5.91 Å². The van der Waals surface area contributed by atoms with Crippen LogP contribution in [0.4, 0.5) is 0 Å². The highest BCUT2D eigenvalue weighted by atomic mass is 35.5. The minimum atomic E-state index is -0.298. The number of hydrogen-bond donors (Lipinski definition) is 1. The first-order chi connectivity index (χ1) is 17.0. The van der Waals surface area contributed by atoms with Gasteiger partial charge in [-0.1, -0.05) is 35.9 Å². The number of carbonyl (C=O) groups excluding carboxylic acids is 2. The van der Waals surface area contributed by atoms with Gasteiger partial charge in [0.2, 0.25) is 5.91 Å². The predicted molar refractivity (Wildman–Crippen MR) is 134 cm³/mol. The Morgan fingerprint density at radius 1 is 1.06 bits per heavy atom. The fraction of sp³-hybridized carbons (Fsp3) is 0.321. The van der Waals surface area contributed by atoms with Gasteiger partial charge in [-0.3, -0.25) is 14.6 Å². The highest BCUT2D eigenvalue weighted by molar-refractivity contribution is 6.30.